The first-order valence-electron chi connectivity index (χ1n) is 2.69. The van der Waals surface area contributed by atoms with Crippen LogP contribution < -0.4 is 0 Å². The molecule has 1 unspecified atom stereocenters. The number of carbonyl (C=O) groups is 1. The molecule has 0 aromatic heterocycles. The number of aliphatic carboxylic acids is 1. The van der Waals surface area contributed by atoms with Gasteiger partial charge in [-0.3, -0.25) is 0 Å². The standard InChI is InChI=1S/C6H10O3/c1-3-5(7)4(2)6(8)9/h5,7H,2-3H2,1H3,(H,8,9). The first-order valence-corrected chi connectivity index (χ1v) is 2.69. The highest BCUT2D eigenvalue weighted by molar-refractivity contribution is 5.86. The van der Waals surface area contributed by atoms with Gasteiger partial charge in [0, 0.05) is 0 Å². The highest BCUT2D eigenvalue weighted by Crippen LogP contribution is 2.02. The maximum Gasteiger partial charge on any atom is 0.333 e. The molecule has 3 heteroatoms. The van der Waals surface area contributed by atoms with Crippen LogP contribution >= 0.6 is 0 Å². The summed E-state index contributed by atoms with van der Waals surface area (Å²) in [4.78, 5) is 10.0. The lowest BCUT2D eigenvalue weighted by Crippen LogP contribution is -2.15. The number of aliphatic hydroxyl groups excluding tert-OH is 1. The van der Waals surface area contributed by atoms with Gasteiger partial charge in [-0.15, -0.1) is 0 Å². The van der Waals surface area contributed by atoms with E-state index in [-0.39, 0.29) is 5.57 Å². The zero-order valence-corrected chi connectivity index (χ0v) is 5.29. The fourth-order valence-corrected chi connectivity index (χ4v) is 0.389. The summed E-state index contributed by atoms with van der Waals surface area (Å²) in [6.07, 6.45) is -0.506. The van der Waals surface area contributed by atoms with Crippen LogP contribution in [0.5, 0.6) is 0 Å². The molecular formula is C6H10O3. The predicted molar refractivity (Wildman–Crippen MR) is 33.1 cm³/mol. The summed E-state index contributed by atoms with van der Waals surface area (Å²) in [7, 11) is 0. The minimum absolute atomic E-state index is 0.141. The van der Waals surface area contributed by atoms with E-state index in [2.05, 4.69) is 6.58 Å². The molecule has 0 amide bonds. The van der Waals surface area contributed by atoms with Gasteiger partial charge in [0.2, 0.25) is 0 Å². The average molecular weight is 130 g/mol. The molecule has 1 atom stereocenters. The predicted octanol–water partition coefficient (Wildman–Crippen LogP) is 0.398. The second kappa shape index (κ2) is 3.25. The Kier molecular flexibility index (Phi) is 2.95. The number of carboxylic acid groups (broad SMARTS) is 1. The molecule has 0 fully saturated rings. The zero-order chi connectivity index (χ0) is 7.44. The number of hydrogen-bond acceptors (Lipinski definition) is 2. The lowest BCUT2D eigenvalue weighted by atomic mass is 10.1. The van der Waals surface area contributed by atoms with Gasteiger partial charge in [0.25, 0.3) is 0 Å². The van der Waals surface area contributed by atoms with Gasteiger partial charge < -0.3 is 10.2 Å². The Bertz CT molecular complexity index is 128. The third kappa shape index (κ3) is 2.28. The minimum Gasteiger partial charge on any atom is -0.478 e. The van der Waals surface area contributed by atoms with Crippen LogP contribution in [0.2, 0.25) is 0 Å². The Balaban J connectivity index is 3.88. The molecule has 2 N–H and O–H groups in total. The van der Waals surface area contributed by atoms with Gasteiger partial charge in [-0.25, -0.2) is 4.79 Å². The van der Waals surface area contributed by atoms with Crippen LogP contribution in [0.3, 0.4) is 0 Å². The SMILES string of the molecule is C=C(C(=O)O)C(O)CC. The Morgan fingerprint density at radius 3 is 2.33 bits per heavy atom. The number of aliphatic hydroxyl groups is 1. The van der Waals surface area contributed by atoms with Gasteiger partial charge in [0.15, 0.2) is 0 Å². The van der Waals surface area contributed by atoms with E-state index in [1.807, 2.05) is 0 Å². The van der Waals surface area contributed by atoms with Crippen LogP contribution in [-0.2, 0) is 4.79 Å². The second-order valence-electron chi connectivity index (χ2n) is 1.75. The Labute approximate surface area is 53.6 Å². The van der Waals surface area contributed by atoms with Gasteiger partial charge in [-0.1, -0.05) is 13.5 Å². The third-order valence-electron chi connectivity index (χ3n) is 1.06. The van der Waals surface area contributed by atoms with Crippen molar-refractivity contribution in [3.63, 3.8) is 0 Å². The molecule has 0 radical (unpaired) electrons. The van der Waals surface area contributed by atoms with Crippen molar-refractivity contribution < 1.29 is 15.0 Å². The highest BCUT2D eigenvalue weighted by Gasteiger charge is 2.11. The summed E-state index contributed by atoms with van der Waals surface area (Å²) < 4.78 is 0. The van der Waals surface area contributed by atoms with Gasteiger partial charge >= 0.3 is 5.97 Å². The van der Waals surface area contributed by atoms with Crippen molar-refractivity contribution in [2.45, 2.75) is 19.4 Å². The number of carboxylic acids is 1. The van der Waals surface area contributed by atoms with Crippen molar-refractivity contribution in [1.29, 1.82) is 0 Å². The molecule has 0 aromatic carbocycles. The van der Waals surface area contributed by atoms with Crippen molar-refractivity contribution >= 4 is 5.97 Å². The van der Waals surface area contributed by atoms with Gasteiger partial charge in [0.1, 0.15) is 0 Å². The largest absolute Gasteiger partial charge is 0.478 e. The quantitative estimate of drug-likeness (QED) is 0.543. The first kappa shape index (κ1) is 8.17. The van der Waals surface area contributed by atoms with Crippen molar-refractivity contribution in [3.8, 4) is 0 Å². The van der Waals surface area contributed by atoms with E-state index < -0.39 is 12.1 Å². The zero-order valence-electron chi connectivity index (χ0n) is 5.29. The van der Waals surface area contributed by atoms with Crippen LogP contribution in [0.25, 0.3) is 0 Å². The molecule has 0 saturated carbocycles. The summed E-state index contributed by atoms with van der Waals surface area (Å²) in [6, 6.07) is 0. The monoisotopic (exact) mass is 130 g/mol. The Hall–Kier alpha value is -0.830. The van der Waals surface area contributed by atoms with E-state index in [0.717, 1.165) is 0 Å². The summed E-state index contributed by atoms with van der Waals surface area (Å²) in [6.45, 7) is 4.87. The van der Waals surface area contributed by atoms with Gasteiger partial charge in [-0.2, -0.15) is 0 Å². The molecule has 0 spiro atoms. The molecule has 0 aliphatic carbocycles. The van der Waals surface area contributed by atoms with Crippen LogP contribution in [0, 0.1) is 0 Å². The molecular weight excluding hydrogens is 120 g/mol. The molecule has 0 rings (SSSR count). The molecule has 0 aliphatic rings. The van der Waals surface area contributed by atoms with Crippen LogP contribution in [0.4, 0.5) is 0 Å². The topological polar surface area (TPSA) is 57.5 Å². The summed E-state index contributed by atoms with van der Waals surface area (Å²) in [5.41, 5.74) is -0.141. The fraction of sp³-hybridized carbons (Fsp3) is 0.500. The molecule has 0 aromatic rings. The van der Waals surface area contributed by atoms with E-state index >= 15 is 0 Å². The molecule has 3 nitrogen and oxygen atoms in total. The smallest absolute Gasteiger partial charge is 0.333 e. The minimum atomic E-state index is -1.13. The Morgan fingerprint density at radius 1 is 1.78 bits per heavy atom. The maximum atomic E-state index is 10.0. The van der Waals surface area contributed by atoms with Crippen LogP contribution in [0.15, 0.2) is 12.2 Å². The maximum absolute atomic E-state index is 10.0. The molecule has 0 heterocycles. The lowest BCUT2D eigenvalue weighted by molar-refractivity contribution is -0.133. The second-order valence-corrected chi connectivity index (χ2v) is 1.75. The summed E-state index contributed by atoms with van der Waals surface area (Å²) in [5, 5.41) is 17.0. The van der Waals surface area contributed by atoms with E-state index in [1.165, 1.54) is 0 Å². The number of rotatable bonds is 3. The molecule has 52 valence electrons. The van der Waals surface area contributed by atoms with E-state index in [4.69, 9.17) is 10.2 Å². The lowest BCUT2D eigenvalue weighted by Gasteiger charge is -2.04. The van der Waals surface area contributed by atoms with Crippen LogP contribution in [0.1, 0.15) is 13.3 Å². The van der Waals surface area contributed by atoms with Gasteiger partial charge in [0.05, 0.1) is 11.7 Å². The normalized spacial score (nSPS) is 12.7. The molecule has 0 saturated heterocycles. The third-order valence-corrected chi connectivity index (χ3v) is 1.06. The fourth-order valence-electron chi connectivity index (χ4n) is 0.389. The summed E-state index contributed by atoms with van der Waals surface area (Å²) >= 11 is 0. The Morgan fingerprint density at radius 2 is 2.22 bits per heavy atom. The molecule has 9 heavy (non-hydrogen) atoms. The number of hydrogen-bond donors (Lipinski definition) is 2. The summed E-state index contributed by atoms with van der Waals surface area (Å²) in [5.74, 6) is -1.13. The van der Waals surface area contributed by atoms with Crippen molar-refractivity contribution in [2.75, 3.05) is 0 Å². The molecule has 0 aliphatic heterocycles. The van der Waals surface area contributed by atoms with Crippen molar-refractivity contribution in [3.05, 3.63) is 12.2 Å². The van der Waals surface area contributed by atoms with Crippen molar-refractivity contribution in [1.82, 2.24) is 0 Å². The average Bonchev–Trinajstić information content (AvgIpc) is 1.84. The van der Waals surface area contributed by atoms with E-state index in [0.29, 0.717) is 6.42 Å². The van der Waals surface area contributed by atoms with E-state index in [1.54, 1.807) is 6.92 Å². The van der Waals surface area contributed by atoms with Gasteiger partial charge in [-0.05, 0) is 6.42 Å². The van der Waals surface area contributed by atoms with Crippen LogP contribution in [-0.4, -0.2) is 22.3 Å². The van der Waals surface area contributed by atoms with Crippen molar-refractivity contribution in [2.24, 2.45) is 0 Å². The molecule has 0 bridgehead atoms. The highest BCUT2D eigenvalue weighted by atomic mass is 16.4. The first-order chi connectivity index (χ1) is 4.09. The van der Waals surface area contributed by atoms with E-state index in [9.17, 15) is 4.79 Å².